The summed E-state index contributed by atoms with van der Waals surface area (Å²) in [4.78, 5) is 0. The summed E-state index contributed by atoms with van der Waals surface area (Å²) in [6, 6.07) is 5.18. The SMILES string of the molecule is Cc1ccc(C(CCC(F)(F)F)NN)c(C)c1. The molecule has 17 heavy (non-hydrogen) atoms. The fourth-order valence-corrected chi connectivity index (χ4v) is 1.85. The topological polar surface area (TPSA) is 38.0 Å². The molecule has 1 rings (SSSR count). The van der Waals surface area contributed by atoms with Gasteiger partial charge in [-0.15, -0.1) is 0 Å². The predicted octanol–water partition coefficient (Wildman–Crippen LogP) is 3.15. The fraction of sp³-hybridized carbons (Fsp3) is 0.500. The third-order valence-corrected chi connectivity index (χ3v) is 2.72. The Kier molecular flexibility index (Phi) is 4.54. The maximum Gasteiger partial charge on any atom is 0.389 e. The molecule has 0 fully saturated rings. The van der Waals surface area contributed by atoms with Crippen LogP contribution in [0.1, 0.15) is 35.6 Å². The van der Waals surface area contributed by atoms with Crippen molar-refractivity contribution in [3.8, 4) is 0 Å². The van der Waals surface area contributed by atoms with Crippen molar-refractivity contribution >= 4 is 0 Å². The fourth-order valence-electron chi connectivity index (χ4n) is 1.85. The highest BCUT2D eigenvalue weighted by Gasteiger charge is 2.28. The number of nitrogens with one attached hydrogen (secondary N) is 1. The average Bonchev–Trinajstić information content (AvgIpc) is 2.19. The molecule has 0 amide bonds. The van der Waals surface area contributed by atoms with Crippen LogP contribution in [0.3, 0.4) is 0 Å². The molecule has 96 valence electrons. The number of halogens is 3. The Morgan fingerprint density at radius 2 is 1.94 bits per heavy atom. The van der Waals surface area contributed by atoms with Gasteiger partial charge in [0.25, 0.3) is 0 Å². The smallest absolute Gasteiger partial charge is 0.271 e. The number of benzene rings is 1. The summed E-state index contributed by atoms with van der Waals surface area (Å²) >= 11 is 0. The van der Waals surface area contributed by atoms with E-state index in [1.165, 1.54) is 0 Å². The van der Waals surface area contributed by atoms with E-state index in [0.29, 0.717) is 0 Å². The standard InChI is InChI=1S/C12H17F3N2/c1-8-3-4-10(9(2)7-8)11(17-16)5-6-12(13,14)15/h3-4,7,11,17H,5-6,16H2,1-2H3. The van der Waals surface area contributed by atoms with Crippen LogP contribution in [-0.4, -0.2) is 6.18 Å². The molecule has 0 heterocycles. The molecule has 0 bridgehead atoms. The van der Waals surface area contributed by atoms with E-state index in [2.05, 4.69) is 5.43 Å². The molecule has 1 aromatic rings. The van der Waals surface area contributed by atoms with Crippen LogP contribution in [0.25, 0.3) is 0 Å². The van der Waals surface area contributed by atoms with Gasteiger partial charge in [-0.25, -0.2) is 0 Å². The molecule has 1 aromatic carbocycles. The van der Waals surface area contributed by atoms with Crippen LogP contribution in [0.4, 0.5) is 13.2 Å². The summed E-state index contributed by atoms with van der Waals surface area (Å²) in [6.07, 6.45) is -5.03. The van der Waals surface area contributed by atoms with Crippen molar-refractivity contribution in [2.45, 2.75) is 38.9 Å². The Hall–Kier alpha value is -1.07. The second kappa shape index (κ2) is 5.51. The number of alkyl halides is 3. The quantitative estimate of drug-likeness (QED) is 0.632. The van der Waals surface area contributed by atoms with Crippen molar-refractivity contribution in [2.75, 3.05) is 0 Å². The first-order chi connectivity index (χ1) is 7.83. The highest BCUT2D eigenvalue weighted by Crippen LogP contribution is 2.28. The van der Waals surface area contributed by atoms with Crippen LogP contribution in [0.2, 0.25) is 0 Å². The highest BCUT2D eigenvalue weighted by molar-refractivity contribution is 5.32. The molecule has 2 nitrogen and oxygen atoms in total. The molecule has 5 heteroatoms. The average molecular weight is 246 g/mol. The van der Waals surface area contributed by atoms with Gasteiger partial charge in [0.05, 0.1) is 0 Å². The first-order valence-corrected chi connectivity index (χ1v) is 5.43. The van der Waals surface area contributed by atoms with E-state index in [-0.39, 0.29) is 6.42 Å². The Morgan fingerprint density at radius 1 is 1.29 bits per heavy atom. The van der Waals surface area contributed by atoms with E-state index >= 15 is 0 Å². The third-order valence-electron chi connectivity index (χ3n) is 2.72. The number of rotatable bonds is 4. The largest absolute Gasteiger partial charge is 0.389 e. The van der Waals surface area contributed by atoms with Crippen LogP contribution in [0.15, 0.2) is 18.2 Å². The Labute approximate surface area is 99.0 Å². The van der Waals surface area contributed by atoms with Crippen molar-refractivity contribution in [3.05, 3.63) is 34.9 Å². The van der Waals surface area contributed by atoms with E-state index in [9.17, 15) is 13.2 Å². The lowest BCUT2D eigenvalue weighted by Crippen LogP contribution is -2.29. The van der Waals surface area contributed by atoms with E-state index in [1.807, 2.05) is 32.0 Å². The lowest BCUT2D eigenvalue weighted by atomic mass is 9.96. The van der Waals surface area contributed by atoms with Crippen molar-refractivity contribution < 1.29 is 13.2 Å². The van der Waals surface area contributed by atoms with Gasteiger partial charge in [-0.2, -0.15) is 13.2 Å². The van der Waals surface area contributed by atoms with Gasteiger partial charge in [0, 0.05) is 12.5 Å². The Balaban J connectivity index is 2.79. The van der Waals surface area contributed by atoms with E-state index in [1.54, 1.807) is 0 Å². The molecule has 0 saturated heterocycles. The number of hydrazine groups is 1. The normalized spacial score (nSPS) is 13.8. The molecular formula is C12H17F3N2. The molecule has 0 aliphatic heterocycles. The van der Waals surface area contributed by atoms with Gasteiger partial charge in [-0.1, -0.05) is 23.8 Å². The summed E-state index contributed by atoms with van der Waals surface area (Å²) in [7, 11) is 0. The number of hydrogen-bond acceptors (Lipinski definition) is 2. The van der Waals surface area contributed by atoms with Crippen molar-refractivity contribution in [3.63, 3.8) is 0 Å². The second-order valence-electron chi connectivity index (χ2n) is 4.23. The van der Waals surface area contributed by atoms with Crippen molar-refractivity contribution in [2.24, 2.45) is 5.84 Å². The minimum Gasteiger partial charge on any atom is -0.271 e. The lowest BCUT2D eigenvalue weighted by Gasteiger charge is -2.19. The zero-order chi connectivity index (χ0) is 13.1. The molecule has 1 unspecified atom stereocenters. The second-order valence-corrected chi connectivity index (χ2v) is 4.23. The monoisotopic (exact) mass is 246 g/mol. The number of nitrogens with two attached hydrogens (primary N) is 1. The number of aryl methyl sites for hydroxylation is 2. The van der Waals surface area contributed by atoms with E-state index in [0.717, 1.165) is 16.7 Å². The van der Waals surface area contributed by atoms with E-state index in [4.69, 9.17) is 5.84 Å². The van der Waals surface area contributed by atoms with Crippen LogP contribution in [-0.2, 0) is 0 Å². The van der Waals surface area contributed by atoms with Gasteiger partial charge in [-0.3, -0.25) is 11.3 Å². The summed E-state index contributed by atoms with van der Waals surface area (Å²) in [5.74, 6) is 5.32. The minimum atomic E-state index is -4.15. The molecule has 0 aliphatic rings. The third kappa shape index (κ3) is 4.36. The van der Waals surface area contributed by atoms with Crippen LogP contribution >= 0.6 is 0 Å². The summed E-state index contributed by atoms with van der Waals surface area (Å²) < 4.78 is 36.5. The molecule has 0 radical (unpaired) electrons. The first kappa shape index (κ1) is 14.0. The first-order valence-electron chi connectivity index (χ1n) is 5.43. The van der Waals surface area contributed by atoms with Gasteiger partial charge in [0.1, 0.15) is 0 Å². The maximum absolute atomic E-state index is 12.2. The molecule has 0 aliphatic carbocycles. The molecular weight excluding hydrogens is 229 g/mol. The van der Waals surface area contributed by atoms with Crippen molar-refractivity contribution in [1.82, 2.24) is 5.43 Å². The molecule has 1 atom stereocenters. The number of hydrogen-bond donors (Lipinski definition) is 2. The lowest BCUT2D eigenvalue weighted by molar-refractivity contribution is -0.136. The summed E-state index contributed by atoms with van der Waals surface area (Å²) in [5, 5.41) is 0. The van der Waals surface area contributed by atoms with Gasteiger partial charge >= 0.3 is 6.18 Å². The van der Waals surface area contributed by atoms with E-state index < -0.39 is 18.6 Å². The van der Waals surface area contributed by atoms with Gasteiger partial charge in [-0.05, 0) is 31.4 Å². The Morgan fingerprint density at radius 3 is 2.41 bits per heavy atom. The molecule has 0 aromatic heterocycles. The molecule has 3 N–H and O–H groups in total. The summed E-state index contributed by atoms with van der Waals surface area (Å²) in [6.45, 7) is 3.82. The highest BCUT2D eigenvalue weighted by atomic mass is 19.4. The van der Waals surface area contributed by atoms with Gasteiger partial charge in [0.15, 0.2) is 0 Å². The van der Waals surface area contributed by atoms with Gasteiger partial charge in [0.2, 0.25) is 0 Å². The maximum atomic E-state index is 12.2. The van der Waals surface area contributed by atoms with Crippen LogP contribution in [0.5, 0.6) is 0 Å². The van der Waals surface area contributed by atoms with Crippen LogP contribution < -0.4 is 11.3 Å². The zero-order valence-electron chi connectivity index (χ0n) is 9.93. The zero-order valence-corrected chi connectivity index (χ0v) is 9.93. The molecule has 0 spiro atoms. The summed E-state index contributed by atoms with van der Waals surface area (Å²) in [5.41, 5.74) is 5.31. The van der Waals surface area contributed by atoms with Crippen molar-refractivity contribution in [1.29, 1.82) is 0 Å². The van der Waals surface area contributed by atoms with Crippen LogP contribution in [0, 0.1) is 13.8 Å². The molecule has 0 saturated carbocycles. The van der Waals surface area contributed by atoms with Gasteiger partial charge < -0.3 is 0 Å². The Bertz CT molecular complexity index is 375. The minimum absolute atomic E-state index is 0.0517. The predicted molar refractivity (Wildman–Crippen MR) is 61.3 cm³/mol.